The fraction of sp³-hybridized carbons (Fsp3) is 0.389. The van der Waals surface area contributed by atoms with Crippen molar-refractivity contribution in [2.75, 3.05) is 77.0 Å². The number of anilines is 3. The molecule has 0 atom stereocenters. The monoisotopic (exact) mass is 1420 g/mol. The third-order valence-electron chi connectivity index (χ3n) is 12.1. The molecule has 0 radical (unpaired) electrons. The molecule has 33 nitrogen and oxygen atoms in total. The fourth-order valence-corrected chi connectivity index (χ4v) is 10.7. The molecule has 2 aromatic carbocycles. The molecule has 41 heteroatoms. The first-order valence-electron chi connectivity index (χ1n) is 27.6. The maximum absolute atomic E-state index is 14.5. The Morgan fingerprint density at radius 1 is 0.800 bits per heavy atom. The Morgan fingerprint density at radius 3 is 1.94 bits per heavy atom. The van der Waals surface area contributed by atoms with Crippen LogP contribution >= 0.6 is 19.2 Å². The van der Waals surface area contributed by atoms with Crippen LogP contribution in [0.15, 0.2) is 81.9 Å². The normalized spacial score (nSPS) is 12.8. The second-order valence-electron chi connectivity index (χ2n) is 19.6. The van der Waals surface area contributed by atoms with Gasteiger partial charge in [-0.15, -0.1) is 0 Å². The predicted molar refractivity (Wildman–Crippen MR) is 326 cm³/mol. The summed E-state index contributed by atoms with van der Waals surface area (Å²) >= 11 is 6.02. The Bertz CT molecular complexity index is 3880. The van der Waals surface area contributed by atoms with Crippen LogP contribution in [-0.4, -0.2) is 176 Å². The highest BCUT2D eigenvalue weighted by Crippen LogP contribution is 2.40. The van der Waals surface area contributed by atoms with E-state index in [1.807, 2.05) is 6.92 Å². The van der Waals surface area contributed by atoms with Gasteiger partial charge < -0.3 is 43.5 Å². The maximum atomic E-state index is 14.5. The number of amides is 7. The Hall–Kier alpha value is -9.27. The topological polar surface area (TPSA) is 456 Å². The van der Waals surface area contributed by atoms with E-state index in [0.29, 0.717) is 30.6 Å². The number of urea groups is 2. The minimum absolute atomic E-state index is 0.000883. The summed E-state index contributed by atoms with van der Waals surface area (Å²) < 4.78 is 140. The minimum Gasteiger partial charge on any atom is -0.481 e. The van der Waals surface area contributed by atoms with Gasteiger partial charge in [-0.3, -0.25) is 39.7 Å². The van der Waals surface area contributed by atoms with E-state index >= 15 is 0 Å². The third kappa shape index (κ3) is 25.2. The molecule has 0 saturated heterocycles. The molecule has 0 saturated carbocycles. The number of aryl methyl sites for hydroxylation is 2. The van der Waals surface area contributed by atoms with E-state index in [1.165, 1.54) is 95.9 Å². The zero-order valence-corrected chi connectivity index (χ0v) is 54.8. The van der Waals surface area contributed by atoms with E-state index in [9.17, 15) is 72.5 Å². The number of hydrogen-bond acceptors (Lipinski definition) is 24. The van der Waals surface area contributed by atoms with Crippen molar-refractivity contribution in [1.82, 2.24) is 49.6 Å². The summed E-state index contributed by atoms with van der Waals surface area (Å²) in [5.74, 6) is -4.26. The van der Waals surface area contributed by atoms with E-state index in [2.05, 4.69) is 45.9 Å². The van der Waals surface area contributed by atoms with Gasteiger partial charge >= 0.3 is 43.8 Å². The highest BCUT2D eigenvalue weighted by Gasteiger charge is 2.41. The van der Waals surface area contributed by atoms with Gasteiger partial charge in [0.2, 0.25) is 23.7 Å². The lowest BCUT2D eigenvalue weighted by Gasteiger charge is -2.18. The number of pyridine rings is 1. The van der Waals surface area contributed by atoms with Crippen LogP contribution in [0.5, 0.6) is 23.5 Å². The summed E-state index contributed by atoms with van der Waals surface area (Å²) in [5.41, 5.74) is 0.414. The molecule has 95 heavy (non-hydrogen) atoms. The van der Waals surface area contributed by atoms with Gasteiger partial charge in [0, 0.05) is 43.9 Å². The Morgan fingerprint density at radius 2 is 1.39 bits per heavy atom. The summed E-state index contributed by atoms with van der Waals surface area (Å²) in [4.78, 5) is 124. The largest absolute Gasteiger partial charge is 0.481 e. The van der Waals surface area contributed by atoms with Crippen molar-refractivity contribution in [2.45, 2.75) is 87.7 Å². The van der Waals surface area contributed by atoms with Crippen molar-refractivity contribution < 1.29 is 111 Å². The van der Waals surface area contributed by atoms with Crippen LogP contribution < -0.4 is 49.2 Å². The molecule has 0 unspecified atom stereocenters. The van der Waals surface area contributed by atoms with Crippen molar-refractivity contribution in [3.8, 4) is 23.5 Å². The molecule has 1 aliphatic heterocycles. The second-order valence-corrected chi connectivity index (χ2v) is 24.9. The van der Waals surface area contributed by atoms with E-state index in [0.717, 1.165) is 49.1 Å². The SMILES string of the molecule is CCCCCOC(=O)COc1cc(N2C(=O)C3=C(CCCC3)C2=O)c(F)cc1Cl.COc1cc(OC)nc(NC(=O)NS(=O)(=O)c2ncccc2C(=O)N(C)C)n1.COc1nc(C)nc(NC(=O)NS(=O)(=O)c2ccccc2CCC(F)(F)F)n1.O=C(O)CNCP(=O)(O)O. The van der Waals surface area contributed by atoms with Crippen molar-refractivity contribution in [1.29, 1.82) is 0 Å². The number of sulfonamides is 2. The summed E-state index contributed by atoms with van der Waals surface area (Å²) in [6.07, 6.45) is -0.204. The average Bonchev–Trinajstić information content (AvgIpc) is 1.63. The number of carboxylic acids is 1. The predicted octanol–water partition coefficient (Wildman–Crippen LogP) is 5.43. The molecule has 0 fully saturated rings. The summed E-state index contributed by atoms with van der Waals surface area (Å²) in [6.45, 7) is 2.99. The molecular formula is C54H65ClF4N13O20PS2. The fourth-order valence-electron chi connectivity index (χ4n) is 7.92. The van der Waals surface area contributed by atoms with Crippen LogP contribution in [0.25, 0.3) is 0 Å². The van der Waals surface area contributed by atoms with Gasteiger partial charge in [0.05, 0.1) is 68.0 Å². The van der Waals surface area contributed by atoms with Crippen LogP contribution in [-0.2, 0) is 54.9 Å². The highest BCUT2D eigenvalue weighted by molar-refractivity contribution is 7.90. The van der Waals surface area contributed by atoms with Gasteiger partial charge in [0.25, 0.3) is 37.8 Å². The van der Waals surface area contributed by atoms with E-state index in [-0.39, 0.29) is 63.1 Å². The lowest BCUT2D eigenvalue weighted by atomic mass is 9.93. The third-order valence-corrected chi connectivity index (χ3v) is 15.7. The van der Waals surface area contributed by atoms with Crippen LogP contribution in [0.4, 0.5) is 44.7 Å². The quantitative estimate of drug-likeness (QED) is 0.0126. The highest BCUT2D eigenvalue weighted by atomic mass is 35.5. The number of ether oxygens (including phenoxy) is 5. The standard InChI is InChI=1S/C21H23ClFNO5.C15H16F3N5O4S.C15H18N6O6S.C3H8NO5P/c1-2-3-6-9-28-19(25)12-29-18-11-17(16(23)10-15(18)22)24-20(26)13-7-4-5-8-14(13)21(24)27;1-9-19-12(22-14(20-9)27-2)21-13(24)23-28(25,26)11-6-4-3-5-10(11)7-8-15(16,17)18;1-21(2)13(22)9-6-5-7-16-12(9)28(24,25)20-15(23)19-14-17-10(26-3)8-11(18-14)27-4;5-3(6)1-4-2-10(7,8)9/h10-11H,2-9,12H2,1H3;3-6H,7-8H2,1-2H3,(H2,19,20,21,22,23,24);5-8H,1-4H3,(H2,17,18,19,20,23);4H,1-2H2,(H,5,6)(H2,7,8,9). The molecule has 1 aliphatic carbocycles. The number of carboxylic acid groups (broad SMARTS) is 1. The number of rotatable bonds is 24. The summed E-state index contributed by atoms with van der Waals surface area (Å²) in [5, 5.41) is 13.7. The van der Waals surface area contributed by atoms with Gasteiger partial charge in [0.15, 0.2) is 11.6 Å². The van der Waals surface area contributed by atoms with E-state index in [1.54, 1.807) is 9.44 Å². The lowest BCUT2D eigenvalue weighted by molar-refractivity contribution is -0.146. The lowest BCUT2D eigenvalue weighted by Crippen LogP contribution is -2.36. The minimum atomic E-state index is -4.46. The first kappa shape index (κ1) is 78.2. The molecule has 8 N–H and O–H groups in total. The number of esters is 1. The number of carbonyl (C=O) groups excluding carboxylic acids is 6. The van der Waals surface area contributed by atoms with Crippen LogP contribution in [0.1, 0.15) is 80.0 Å². The smallest absolute Gasteiger partial charge is 0.389 e. The Kier molecular flexibility index (Phi) is 29.5. The van der Waals surface area contributed by atoms with Crippen LogP contribution in [0, 0.1) is 12.7 Å². The number of halogens is 5. The Labute approximate surface area is 545 Å². The number of benzene rings is 2. The van der Waals surface area contributed by atoms with Crippen molar-refractivity contribution in [3.05, 3.63) is 99.7 Å². The van der Waals surface area contributed by atoms with E-state index in [4.69, 9.17) is 50.2 Å². The first-order valence-corrected chi connectivity index (χ1v) is 32.8. The molecule has 0 spiro atoms. The number of aliphatic carboxylic acids is 1. The second kappa shape index (κ2) is 35.8. The molecule has 7 rings (SSSR count). The van der Waals surface area contributed by atoms with Crippen molar-refractivity contribution in [2.24, 2.45) is 0 Å². The summed E-state index contributed by atoms with van der Waals surface area (Å²) in [7, 11) is -6.09. The number of aromatic nitrogens is 6. The van der Waals surface area contributed by atoms with Crippen LogP contribution in [0.3, 0.4) is 0 Å². The zero-order chi connectivity index (χ0) is 71.0. The van der Waals surface area contributed by atoms with E-state index < -0.39 is 124 Å². The Balaban J connectivity index is 0.000000282. The average molecular weight is 1420 g/mol. The number of imide groups is 1. The molecule has 7 amide bonds. The molecular weight excluding hydrogens is 1360 g/mol. The number of methoxy groups -OCH3 is 3. The van der Waals surface area contributed by atoms with Gasteiger partial charge in [-0.1, -0.05) is 49.6 Å². The van der Waals surface area contributed by atoms with Gasteiger partial charge in [-0.05, 0) is 75.3 Å². The number of alkyl halides is 3. The van der Waals surface area contributed by atoms with Crippen molar-refractivity contribution in [3.63, 3.8) is 0 Å². The van der Waals surface area contributed by atoms with Gasteiger partial charge in [-0.2, -0.15) is 46.5 Å². The molecule has 0 bridgehead atoms. The molecule has 5 aromatic rings. The molecule has 2 aliphatic rings. The van der Waals surface area contributed by atoms with Crippen LogP contribution in [0.2, 0.25) is 5.02 Å². The maximum Gasteiger partial charge on any atom is 0.389 e. The molecule has 3 aromatic heterocycles. The molecule has 4 heterocycles. The first-order chi connectivity index (χ1) is 44.5. The van der Waals surface area contributed by atoms with Gasteiger partial charge in [-0.25, -0.2) is 46.5 Å². The molecule has 518 valence electrons. The number of carbonyl (C=O) groups is 7. The zero-order valence-electron chi connectivity index (χ0n) is 51.5. The van der Waals surface area contributed by atoms with Gasteiger partial charge in [0.1, 0.15) is 17.4 Å². The number of nitrogens with one attached hydrogen (secondary N) is 5. The number of unbranched alkanes of at least 4 members (excludes halogenated alkanes) is 2. The number of nitrogens with zero attached hydrogens (tertiary/aromatic N) is 8. The summed E-state index contributed by atoms with van der Waals surface area (Å²) in [6, 6.07) is 8.86. The van der Waals surface area contributed by atoms with Crippen molar-refractivity contribution >= 4 is 98.5 Å². The number of hydrogen-bond donors (Lipinski definition) is 8.